The van der Waals surface area contributed by atoms with Gasteiger partial charge in [0, 0.05) is 6.54 Å². The maximum Gasteiger partial charge on any atom is 0.408 e. The molecule has 2 N–H and O–H groups in total. The molecule has 0 aliphatic rings. The average Bonchev–Trinajstić information content (AvgIpc) is 2.18. The highest BCUT2D eigenvalue weighted by molar-refractivity contribution is 6.31. The molecule has 0 bridgehead atoms. The van der Waals surface area contributed by atoms with Gasteiger partial charge in [0.1, 0.15) is 0 Å². The predicted molar refractivity (Wildman–Crippen MR) is 57.7 cm³/mol. The number of hydrogen-bond donors (Lipinski definition) is 2. The number of alkyl carbamates (subject to hydrolysis) is 1. The molecule has 15 heavy (non-hydrogen) atoms. The largest absolute Gasteiger partial charge is 0.450 e. The maximum absolute atomic E-state index is 11.1. The Bertz CT molecular complexity index is 212. The number of likely N-dealkylation sites (N-methyl/N-ethyl adjacent to an activating group) is 1. The van der Waals surface area contributed by atoms with Crippen LogP contribution in [0.2, 0.25) is 0 Å². The summed E-state index contributed by atoms with van der Waals surface area (Å²) in [6.07, 6.45) is 1.06. The van der Waals surface area contributed by atoms with Crippen LogP contribution in [0.15, 0.2) is 0 Å². The number of hydrogen-bond acceptors (Lipinski definition) is 3. The summed E-state index contributed by atoms with van der Waals surface area (Å²) in [5.74, 6) is -0.438. The molecule has 0 aliphatic heterocycles. The van der Waals surface area contributed by atoms with Gasteiger partial charge in [-0.1, -0.05) is 24.9 Å². The van der Waals surface area contributed by atoms with Crippen molar-refractivity contribution >= 4 is 23.6 Å². The van der Waals surface area contributed by atoms with E-state index >= 15 is 0 Å². The van der Waals surface area contributed by atoms with E-state index in [1.807, 2.05) is 6.92 Å². The molecule has 1 unspecified atom stereocenters. The molecule has 1 atom stereocenters. The fraction of sp³-hybridized carbons (Fsp3) is 0.778. The Morgan fingerprint density at radius 1 is 1.40 bits per heavy atom. The number of carbonyl (C=O) groups excluding carboxylic acids is 2. The summed E-state index contributed by atoms with van der Waals surface area (Å²) in [6.45, 7) is 4.55. The summed E-state index contributed by atoms with van der Waals surface area (Å²) >= 11 is 5.59. The molecule has 0 spiro atoms. The first-order chi connectivity index (χ1) is 7.11. The SMILES string of the molecule is CCCCOC(=O)NC(Cl)C(=O)NCC. The van der Waals surface area contributed by atoms with Crippen LogP contribution in [0.25, 0.3) is 0 Å². The van der Waals surface area contributed by atoms with Crippen LogP contribution in [-0.4, -0.2) is 30.7 Å². The summed E-state index contributed by atoms with van der Waals surface area (Å²) in [7, 11) is 0. The number of carbonyl (C=O) groups is 2. The molecule has 5 nitrogen and oxygen atoms in total. The summed E-state index contributed by atoms with van der Waals surface area (Å²) in [4.78, 5) is 22.1. The normalized spacial score (nSPS) is 11.7. The van der Waals surface area contributed by atoms with Gasteiger partial charge >= 0.3 is 6.09 Å². The van der Waals surface area contributed by atoms with Crippen molar-refractivity contribution in [2.45, 2.75) is 32.2 Å². The molecule has 0 aromatic rings. The van der Waals surface area contributed by atoms with Crippen molar-refractivity contribution in [1.29, 1.82) is 0 Å². The molecule has 0 saturated heterocycles. The van der Waals surface area contributed by atoms with Gasteiger partial charge in [0.25, 0.3) is 5.91 Å². The van der Waals surface area contributed by atoms with Gasteiger partial charge in [-0.15, -0.1) is 0 Å². The lowest BCUT2D eigenvalue weighted by atomic mass is 10.4. The molecule has 2 amide bonds. The monoisotopic (exact) mass is 236 g/mol. The third-order valence-electron chi connectivity index (χ3n) is 1.56. The van der Waals surface area contributed by atoms with Crippen LogP contribution < -0.4 is 10.6 Å². The van der Waals surface area contributed by atoms with E-state index in [1.54, 1.807) is 6.92 Å². The molecular weight excluding hydrogens is 220 g/mol. The molecule has 0 aromatic carbocycles. The van der Waals surface area contributed by atoms with Crippen molar-refractivity contribution in [1.82, 2.24) is 10.6 Å². The molecule has 0 radical (unpaired) electrons. The first-order valence-electron chi connectivity index (χ1n) is 4.96. The number of ether oxygens (including phenoxy) is 1. The quantitative estimate of drug-likeness (QED) is 0.414. The smallest absolute Gasteiger partial charge is 0.408 e. The topological polar surface area (TPSA) is 67.4 Å². The summed E-state index contributed by atoms with van der Waals surface area (Å²) < 4.78 is 4.77. The Morgan fingerprint density at radius 3 is 2.60 bits per heavy atom. The van der Waals surface area contributed by atoms with Gasteiger partial charge < -0.3 is 10.1 Å². The van der Waals surface area contributed by atoms with E-state index < -0.39 is 17.5 Å². The van der Waals surface area contributed by atoms with Crippen molar-refractivity contribution in [3.63, 3.8) is 0 Å². The zero-order chi connectivity index (χ0) is 11.7. The van der Waals surface area contributed by atoms with Crippen molar-refractivity contribution < 1.29 is 14.3 Å². The van der Waals surface area contributed by atoms with Crippen LogP contribution in [-0.2, 0) is 9.53 Å². The summed E-state index contributed by atoms with van der Waals surface area (Å²) in [5.41, 5.74) is -1.08. The van der Waals surface area contributed by atoms with Gasteiger partial charge in [-0.25, -0.2) is 4.79 Å². The highest BCUT2D eigenvalue weighted by atomic mass is 35.5. The standard InChI is InChI=1S/C9H17ClN2O3/c1-3-5-6-15-9(14)12-7(10)8(13)11-4-2/h7H,3-6H2,1-2H3,(H,11,13)(H,12,14). The van der Waals surface area contributed by atoms with E-state index in [2.05, 4.69) is 10.6 Å². The van der Waals surface area contributed by atoms with Gasteiger partial charge in [-0.3, -0.25) is 10.1 Å². The Hall–Kier alpha value is -0.970. The lowest BCUT2D eigenvalue weighted by molar-refractivity contribution is -0.121. The molecule has 0 rings (SSSR count). The third-order valence-corrected chi connectivity index (χ3v) is 1.86. The predicted octanol–water partition coefficient (Wildman–Crippen LogP) is 1.21. The molecule has 0 heterocycles. The molecule has 0 fully saturated rings. The molecular formula is C9H17ClN2O3. The minimum Gasteiger partial charge on any atom is -0.450 e. The van der Waals surface area contributed by atoms with Crippen LogP contribution in [0.4, 0.5) is 4.79 Å². The first kappa shape index (κ1) is 14.0. The lowest BCUT2D eigenvalue weighted by Crippen LogP contribution is -2.43. The van der Waals surface area contributed by atoms with Gasteiger partial charge in [-0.05, 0) is 13.3 Å². The van der Waals surface area contributed by atoms with E-state index in [4.69, 9.17) is 16.3 Å². The number of alkyl halides is 1. The fourth-order valence-electron chi connectivity index (χ4n) is 0.784. The van der Waals surface area contributed by atoms with E-state index in [-0.39, 0.29) is 0 Å². The highest BCUT2D eigenvalue weighted by Gasteiger charge is 2.17. The van der Waals surface area contributed by atoms with E-state index in [1.165, 1.54) is 0 Å². The molecule has 0 saturated carbocycles. The molecule has 88 valence electrons. The Morgan fingerprint density at radius 2 is 2.07 bits per heavy atom. The number of nitrogens with one attached hydrogen (secondary N) is 2. The lowest BCUT2D eigenvalue weighted by Gasteiger charge is -2.11. The zero-order valence-electron chi connectivity index (χ0n) is 9.01. The van der Waals surface area contributed by atoms with Crippen molar-refractivity contribution in [2.24, 2.45) is 0 Å². The van der Waals surface area contributed by atoms with E-state index in [0.29, 0.717) is 13.2 Å². The van der Waals surface area contributed by atoms with Crippen molar-refractivity contribution in [2.75, 3.05) is 13.2 Å². The Balaban J connectivity index is 3.70. The number of rotatable bonds is 6. The molecule has 0 aliphatic carbocycles. The Kier molecular flexibility index (Phi) is 7.81. The van der Waals surface area contributed by atoms with Crippen LogP contribution >= 0.6 is 11.6 Å². The Labute approximate surface area is 94.5 Å². The first-order valence-corrected chi connectivity index (χ1v) is 5.40. The minimum absolute atomic E-state index is 0.335. The summed E-state index contributed by atoms with van der Waals surface area (Å²) in [5, 5.41) is 4.69. The maximum atomic E-state index is 11.1. The number of amides is 2. The van der Waals surface area contributed by atoms with Crippen molar-refractivity contribution in [3.8, 4) is 0 Å². The minimum atomic E-state index is -1.08. The van der Waals surface area contributed by atoms with Crippen LogP contribution in [0.1, 0.15) is 26.7 Å². The van der Waals surface area contributed by atoms with E-state index in [0.717, 1.165) is 12.8 Å². The third kappa shape index (κ3) is 7.02. The van der Waals surface area contributed by atoms with Gasteiger partial charge in [0.2, 0.25) is 0 Å². The van der Waals surface area contributed by atoms with Crippen LogP contribution in [0.3, 0.4) is 0 Å². The number of unbranched alkanes of at least 4 members (excludes halogenated alkanes) is 1. The second-order valence-electron chi connectivity index (χ2n) is 2.89. The van der Waals surface area contributed by atoms with E-state index in [9.17, 15) is 9.59 Å². The van der Waals surface area contributed by atoms with Gasteiger partial charge in [-0.2, -0.15) is 0 Å². The fourth-order valence-corrected chi connectivity index (χ4v) is 0.950. The van der Waals surface area contributed by atoms with Crippen LogP contribution in [0, 0.1) is 0 Å². The van der Waals surface area contributed by atoms with Gasteiger partial charge in [0.05, 0.1) is 6.61 Å². The molecule has 0 aromatic heterocycles. The number of halogens is 1. The van der Waals surface area contributed by atoms with Crippen molar-refractivity contribution in [3.05, 3.63) is 0 Å². The highest BCUT2D eigenvalue weighted by Crippen LogP contribution is 1.94. The van der Waals surface area contributed by atoms with Gasteiger partial charge in [0.15, 0.2) is 5.50 Å². The summed E-state index contributed by atoms with van der Waals surface area (Å²) in [6, 6.07) is 0. The zero-order valence-corrected chi connectivity index (χ0v) is 9.76. The van der Waals surface area contributed by atoms with Crippen LogP contribution in [0.5, 0.6) is 0 Å². The second-order valence-corrected chi connectivity index (χ2v) is 3.33. The second kappa shape index (κ2) is 8.35. The average molecular weight is 237 g/mol. The molecule has 6 heteroatoms.